The number of carbonyl (C=O) groups is 5. The Kier molecular flexibility index (Phi) is 10.7. The predicted molar refractivity (Wildman–Crippen MR) is 163 cm³/mol. The van der Waals surface area contributed by atoms with Crippen LogP contribution >= 0.6 is 11.6 Å². The van der Waals surface area contributed by atoms with Crippen molar-refractivity contribution in [3.63, 3.8) is 0 Å². The van der Waals surface area contributed by atoms with Crippen LogP contribution in [0, 0.1) is 17.8 Å². The van der Waals surface area contributed by atoms with E-state index in [0.717, 1.165) is 17.6 Å². The van der Waals surface area contributed by atoms with E-state index in [0.29, 0.717) is 18.0 Å². The zero-order valence-electron chi connectivity index (χ0n) is 24.9. The lowest BCUT2D eigenvalue weighted by Crippen LogP contribution is -2.54. The summed E-state index contributed by atoms with van der Waals surface area (Å²) in [5.41, 5.74) is 0.970. The third-order valence-corrected chi connectivity index (χ3v) is 7.97. The highest BCUT2D eigenvalue weighted by atomic mass is 35.5. The van der Waals surface area contributed by atoms with Gasteiger partial charge in [0.1, 0.15) is 11.9 Å². The van der Waals surface area contributed by atoms with Crippen LogP contribution in [0.15, 0.2) is 65.2 Å². The molecule has 10 heteroatoms. The molecule has 1 aromatic rings. The molecule has 3 aliphatic rings. The number of benzene rings is 1. The number of carbonyl (C=O) groups excluding carboxylic acids is 5. The van der Waals surface area contributed by atoms with E-state index in [9.17, 15) is 24.0 Å². The van der Waals surface area contributed by atoms with Crippen LogP contribution in [0.1, 0.15) is 52.0 Å². The van der Waals surface area contributed by atoms with E-state index in [-0.39, 0.29) is 43.7 Å². The largest absolute Gasteiger partial charge is 0.368 e. The van der Waals surface area contributed by atoms with Crippen LogP contribution in [0.5, 0.6) is 0 Å². The number of ketones is 2. The summed E-state index contributed by atoms with van der Waals surface area (Å²) in [7, 11) is 0. The molecule has 1 aliphatic carbocycles. The van der Waals surface area contributed by atoms with Crippen molar-refractivity contribution in [3.05, 3.63) is 70.8 Å². The van der Waals surface area contributed by atoms with Gasteiger partial charge in [0, 0.05) is 35.4 Å². The van der Waals surface area contributed by atoms with Crippen LogP contribution in [-0.4, -0.2) is 60.1 Å². The summed E-state index contributed by atoms with van der Waals surface area (Å²) in [5.74, 6) is -4.48. The first kappa shape index (κ1) is 32.4. The van der Waals surface area contributed by atoms with E-state index in [1.165, 1.54) is 0 Å². The van der Waals surface area contributed by atoms with E-state index >= 15 is 0 Å². The monoisotopic (exact) mass is 609 g/mol. The van der Waals surface area contributed by atoms with Crippen molar-refractivity contribution >= 4 is 40.9 Å². The summed E-state index contributed by atoms with van der Waals surface area (Å²) >= 11 is 6.15. The maximum atomic E-state index is 13.9. The minimum absolute atomic E-state index is 0.00939. The highest BCUT2D eigenvalue weighted by Crippen LogP contribution is 2.29. The summed E-state index contributed by atoms with van der Waals surface area (Å²) in [6, 6.07) is 8.08. The molecule has 43 heavy (non-hydrogen) atoms. The van der Waals surface area contributed by atoms with Gasteiger partial charge in [0.2, 0.25) is 17.6 Å². The number of allylic oxidation sites excluding steroid dienone is 2. The number of fused-ring (bicyclic) bond motifs is 1. The molecule has 9 nitrogen and oxygen atoms in total. The number of nitrogens with one attached hydrogen (secondary N) is 3. The summed E-state index contributed by atoms with van der Waals surface area (Å²) in [6.07, 6.45) is 8.34. The van der Waals surface area contributed by atoms with Crippen LogP contribution in [0.25, 0.3) is 0 Å². The Balaban J connectivity index is 1.55. The molecule has 3 amide bonds. The van der Waals surface area contributed by atoms with Gasteiger partial charge in [0.15, 0.2) is 0 Å². The Hall–Kier alpha value is -3.56. The Morgan fingerprint density at radius 1 is 1.14 bits per heavy atom. The predicted octanol–water partition coefficient (Wildman–Crippen LogP) is 3.32. The highest BCUT2D eigenvalue weighted by molar-refractivity contribution is 6.38. The molecular weight excluding hydrogens is 570 g/mol. The van der Waals surface area contributed by atoms with Crippen molar-refractivity contribution in [2.75, 3.05) is 13.2 Å². The average molecular weight is 610 g/mol. The molecule has 4 rings (SSSR count). The molecular formula is C33H40ClN3O6. The van der Waals surface area contributed by atoms with Crippen LogP contribution in [0.2, 0.25) is 0 Å². The van der Waals surface area contributed by atoms with E-state index in [4.69, 9.17) is 16.3 Å². The van der Waals surface area contributed by atoms with Crippen LogP contribution < -0.4 is 16.0 Å². The molecule has 1 aromatic carbocycles. The number of hydrogen-bond acceptors (Lipinski definition) is 6. The number of piperidine rings is 1. The number of ether oxygens (including phenoxy) is 1. The summed E-state index contributed by atoms with van der Waals surface area (Å²) in [6.45, 7) is 5.98. The number of hydrogen-bond donors (Lipinski definition) is 3. The van der Waals surface area contributed by atoms with E-state index in [2.05, 4.69) is 16.0 Å². The molecule has 1 saturated heterocycles. The van der Waals surface area contributed by atoms with Gasteiger partial charge in [0.25, 0.3) is 5.91 Å². The minimum Gasteiger partial charge on any atom is -0.368 e. The quantitative estimate of drug-likeness (QED) is 0.330. The first-order valence-electron chi connectivity index (χ1n) is 14.8. The Morgan fingerprint density at radius 2 is 1.88 bits per heavy atom. The Morgan fingerprint density at radius 3 is 2.58 bits per heavy atom. The van der Waals surface area contributed by atoms with Gasteiger partial charge >= 0.3 is 0 Å². The molecule has 2 aliphatic heterocycles. The van der Waals surface area contributed by atoms with Gasteiger partial charge in [0.05, 0.1) is 18.6 Å². The molecule has 0 aromatic heterocycles. The topological polar surface area (TPSA) is 131 Å². The van der Waals surface area contributed by atoms with Gasteiger partial charge in [-0.05, 0) is 75.8 Å². The van der Waals surface area contributed by atoms with Crippen molar-refractivity contribution < 1.29 is 28.7 Å². The van der Waals surface area contributed by atoms with E-state index in [1.807, 2.05) is 42.5 Å². The second-order valence-electron chi connectivity index (χ2n) is 12.5. The maximum absolute atomic E-state index is 13.9. The number of amides is 3. The van der Waals surface area contributed by atoms with Crippen LogP contribution in [-0.2, 0) is 35.1 Å². The van der Waals surface area contributed by atoms with Crippen molar-refractivity contribution in [2.45, 2.75) is 70.6 Å². The Labute approximate surface area is 257 Å². The normalized spacial score (nSPS) is 23.1. The molecule has 3 N–H and O–H groups in total. The van der Waals surface area contributed by atoms with Crippen molar-refractivity contribution in [1.82, 2.24) is 16.0 Å². The molecule has 0 radical (unpaired) electrons. The molecule has 5 atom stereocenters. The van der Waals surface area contributed by atoms with E-state index in [1.54, 1.807) is 32.9 Å². The third kappa shape index (κ3) is 9.21. The number of halogens is 1. The lowest BCUT2D eigenvalue weighted by atomic mass is 9.86. The molecule has 2 unspecified atom stereocenters. The lowest BCUT2D eigenvalue weighted by Gasteiger charge is -2.29. The molecule has 2 heterocycles. The number of rotatable bonds is 11. The fraction of sp³-hybridized carbons (Fsp3) is 0.485. The van der Waals surface area contributed by atoms with E-state index < -0.39 is 46.9 Å². The summed E-state index contributed by atoms with van der Waals surface area (Å²) in [5, 5.41) is 8.76. The molecule has 0 saturated carbocycles. The summed E-state index contributed by atoms with van der Waals surface area (Å²) < 4.78 is 5.87. The van der Waals surface area contributed by atoms with Crippen molar-refractivity contribution in [1.29, 1.82) is 0 Å². The zero-order valence-corrected chi connectivity index (χ0v) is 25.6. The van der Waals surface area contributed by atoms with Gasteiger partial charge in [-0.1, -0.05) is 48.0 Å². The standard InChI is InChI=1S/C33H40ClN3O6/c1-33(2,3)37-32(42)29(39)26(17-21-10-7-13-35-30(21)40)36-31(41)23(14-20-8-5-4-6-9-20)18-27(38)24-15-22-16-25(34)11-12-28(22)43-19-24/h4-6,8-9,11-12,15-16,21,23-24,26,28H,7,10,13-14,17-19H2,1-3H3,(H,35,40)(H,36,41)(H,37,42)/t21-,23+,24?,26-,28?/m0/s1. The Bertz CT molecular complexity index is 1330. The van der Waals surface area contributed by atoms with Crippen molar-refractivity contribution in [3.8, 4) is 0 Å². The fourth-order valence-electron chi connectivity index (χ4n) is 5.53. The lowest BCUT2D eigenvalue weighted by molar-refractivity contribution is -0.142. The van der Waals surface area contributed by atoms with Crippen molar-refractivity contribution in [2.24, 2.45) is 17.8 Å². The molecule has 0 spiro atoms. The second-order valence-corrected chi connectivity index (χ2v) is 12.9. The average Bonchev–Trinajstić information content (AvgIpc) is 2.96. The third-order valence-electron chi connectivity index (χ3n) is 7.73. The molecule has 0 bridgehead atoms. The van der Waals surface area contributed by atoms with Gasteiger partial charge in [-0.3, -0.25) is 24.0 Å². The molecule has 230 valence electrons. The second kappa shape index (κ2) is 14.3. The smallest absolute Gasteiger partial charge is 0.290 e. The van der Waals surface area contributed by atoms with Crippen LogP contribution in [0.3, 0.4) is 0 Å². The fourth-order valence-corrected chi connectivity index (χ4v) is 5.72. The highest BCUT2D eigenvalue weighted by Gasteiger charge is 2.37. The summed E-state index contributed by atoms with van der Waals surface area (Å²) in [4.78, 5) is 66.2. The maximum Gasteiger partial charge on any atom is 0.290 e. The number of Topliss-reactive ketones (excluding diaryl/α,β-unsaturated/α-hetero) is 2. The van der Waals surface area contributed by atoms with Gasteiger partial charge in [-0.15, -0.1) is 0 Å². The SMILES string of the molecule is CC(C)(C)NC(=O)C(=O)[C@H](C[C@@H]1CCCNC1=O)NC(=O)[C@@H](CC(=O)C1C=C2C=C(Cl)C=CC2OC1)Cc1ccccc1. The first-order valence-corrected chi connectivity index (χ1v) is 15.2. The first-order chi connectivity index (χ1) is 20.4. The van der Waals surface area contributed by atoms with Gasteiger partial charge in [-0.25, -0.2) is 0 Å². The van der Waals surface area contributed by atoms with Gasteiger partial charge < -0.3 is 20.7 Å². The zero-order chi connectivity index (χ0) is 31.1. The minimum atomic E-state index is -1.22. The van der Waals surface area contributed by atoms with Gasteiger partial charge in [-0.2, -0.15) is 0 Å². The molecule has 1 fully saturated rings. The van der Waals surface area contributed by atoms with Crippen LogP contribution in [0.4, 0.5) is 0 Å².